The Morgan fingerprint density at radius 2 is 1.74 bits per heavy atom. The Bertz CT molecular complexity index is 494. The predicted octanol–water partition coefficient (Wildman–Crippen LogP) is 2.60. The molecule has 2 fully saturated rings. The SMILES string of the molecule is OC1(c2cc(F)cc(F)c2F)CC2CCCC(C1)N2. The molecule has 104 valence electrons. The van der Waals surface area contributed by atoms with Crippen LogP contribution in [0.15, 0.2) is 12.1 Å². The minimum absolute atomic E-state index is 0.0863. The lowest BCUT2D eigenvalue weighted by molar-refractivity contribution is -0.0390. The van der Waals surface area contributed by atoms with Crippen LogP contribution in [0.1, 0.15) is 37.7 Å². The summed E-state index contributed by atoms with van der Waals surface area (Å²) in [7, 11) is 0. The zero-order chi connectivity index (χ0) is 13.6. The van der Waals surface area contributed by atoms with Crippen molar-refractivity contribution in [3.63, 3.8) is 0 Å². The van der Waals surface area contributed by atoms with E-state index in [0.717, 1.165) is 25.3 Å². The second-order valence-electron chi connectivity index (χ2n) is 5.68. The van der Waals surface area contributed by atoms with Gasteiger partial charge in [-0.15, -0.1) is 0 Å². The second kappa shape index (κ2) is 4.49. The van der Waals surface area contributed by atoms with Gasteiger partial charge >= 0.3 is 0 Å². The number of nitrogens with one attached hydrogen (secondary N) is 1. The summed E-state index contributed by atoms with van der Waals surface area (Å²) in [5.41, 5.74) is -1.72. The maximum atomic E-state index is 13.9. The number of piperidine rings is 2. The summed E-state index contributed by atoms with van der Waals surface area (Å²) in [6.45, 7) is 0. The fourth-order valence-electron chi connectivity index (χ4n) is 3.45. The van der Waals surface area contributed by atoms with Gasteiger partial charge < -0.3 is 10.4 Å². The molecule has 2 N–H and O–H groups in total. The van der Waals surface area contributed by atoms with E-state index in [4.69, 9.17) is 0 Å². The van der Waals surface area contributed by atoms with Gasteiger partial charge in [0.25, 0.3) is 0 Å². The van der Waals surface area contributed by atoms with Gasteiger partial charge in [0.1, 0.15) is 5.82 Å². The van der Waals surface area contributed by atoms with Crippen LogP contribution in [0, 0.1) is 17.5 Å². The number of hydrogen-bond donors (Lipinski definition) is 2. The first-order valence-corrected chi connectivity index (χ1v) is 6.61. The maximum Gasteiger partial charge on any atom is 0.165 e. The minimum atomic E-state index is -1.48. The molecule has 5 heteroatoms. The fourth-order valence-corrected chi connectivity index (χ4v) is 3.45. The molecule has 0 amide bonds. The normalized spacial score (nSPS) is 34.3. The van der Waals surface area contributed by atoms with Gasteiger partial charge in [-0.05, 0) is 31.7 Å². The van der Waals surface area contributed by atoms with E-state index in [9.17, 15) is 18.3 Å². The lowest BCUT2D eigenvalue weighted by atomic mass is 9.74. The Labute approximate surface area is 109 Å². The maximum absolute atomic E-state index is 13.9. The third-order valence-electron chi connectivity index (χ3n) is 4.24. The molecule has 0 radical (unpaired) electrons. The first-order valence-electron chi connectivity index (χ1n) is 6.61. The Hall–Kier alpha value is -1.07. The van der Waals surface area contributed by atoms with Gasteiger partial charge in [0.15, 0.2) is 11.6 Å². The van der Waals surface area contributed by atoms with Gasteiger partial charge in [-0.25, -0.2) is 13.2 Å². The summed E-state index contributed by atoms with van der Waals surface area (Å²) in [5, 5.41) is 14.0. The van der Waals surface area contributed by atoms with Crippen LogP contribution >= 0.6 is 0 Å². The molecule has 0 aliphatic carbocycles. The monoisotopic (exact) mass is 271 g/mol. The van der Waals surface area contributed by atoms with Gasteiger partial charge in [0.05, 0.1) is 5.60 Å². The highest BCUT2D eigenvalue weighted by Crippen LogP contribution is 2.41. The number of aliphatic hydroxyl groups is 1. The van der Waals surface area contributed by atoms with Crippen molar-refractivity contribution >= 4 is 0 Å². The summed E-state index contributed by atoms with van der Waals surface area (Å²) in [5.74, 6) is -3.23. The molecule has 3 rings (SSSR count). The molecule has 2 saturated heterocycles. The number of benzene rings is 1. The summed E-state index contributed by atoms with van der Waals surface area (Å²) >= 11 is 0. The number of fused-ring (bicyclic) bond motifs is 2. The lowest BCUT2D eigenvalue weighted by Gasteiger charge is -2.45. The quantitative estimate of drug-likeness (QED) is 0.769. The second-order valence-corrected chi connectivity index (χ2v) is 5.68. The summed E-state index contributed by atoms with van der Waals surface area (Å²) in [6, 6.07) is 1.59. The highest BCUT2D eigenvalue weighted by atomic mass is 19.2. The van der Waals surface area contributed by atoms with Crippen LogP contribution in [0.3, 0.4) is 0 Å². The fraction of sp³-hybridized carbons (Fsp3) is 0.571. The first kappa shape index (κ1) is 12.9. The summed E-state index contributed by atoms with van der Waals surface area (Å²) in [6.07, 6.45) is 3.46. The zero-order valence-corrected chi connectivity index (χ0v) is 10.4. The van der Waals surface area contributed by atoms with Crippen LogP contribution in [0.5, 0.6) is 0 Å². The molecule has 2 aliphatic heterocycles. The Balaban J connectivity index is 2.00. The molecule has 0 saturated carbocycles. The highest BCUT2D eigenvalue weighted by Gasteiger charge is 2.43. The Morgan fingerprint density at radius 1 is 1.11 bits per heavy atom. The molecule has 1 aromatic rings. The van der Waals surface area contributed by atoms with Crippen LogP contribution in [0.25, 0.3) is 0 Å². The number of rotatable bonds is 1. The van der Waals surface area contributed by atoms with Gasteiger partial charge in [-0.2, -0.15) is 0 Å². The van der Waals surface area contributed by atoms with E-state index in [1.807, 2.05) is 0 Å². The van der Waals surface area contributed by atoms with E-state index >= 15 is 0 Å². The number of hydrogen-bond acceptors (Lipinski definition) is 2. The average molecular weight is 271 g/mol. The molecule has 0 aromatic heterocycles. The van der Waals surface area contributed by atoms with Crippen molar-refractivity contribution in [1.29, 1.82) is 0 Å². The summed E-state index contributed by atoms with van der Waals surface area (Å²) < 4.78 is 40.5. The third-order valence-corrected chi connectivity index (χ3v) is 4.24. The van der Waals surface area contributed by atoms with E-state index in [2.05, 4.69) is 5.32 Å². The highest BCUT2D eigenvalue weighted by molar-refractivity contribution is 5.28. The molecule has 19 heavy (non-hydrogen) atoms. The minimum Gasteiger partial charge on any atom is -0.385 e. The molecule has 0 spiro atoms. The van der Waals surface area contributed by atoms with Crippen LogP contribution in [-0.2, 0) is 5.60 Å². The smallest absolute Gasteiger partial charge is 0.165 e. The molecule has 2 bridgehead atoms. The predicted molar refractivity (Wildman–Crippen MR) is 64.0 cm³/mol. The largest absolute Gasteiger partial charge is 0.385 e. The van der Waals surface area contributed by atoms with Crippen LogP contribution < -0.4 is 5.32 Å². The van der Waals surface area contributed by atoms with E-state index in [1.54, 1.807) is 0 Å². The van der Waals surface area contributed by atoms with E-state index in [1.165, 1.54) is 0 Å². The third kappa shape index (κ3) is 2.25. The summed E-state index contributed by atoms with van der Waals surface area (Å²) in [4.78, 5) is 0. The van der Waals surface area contributed by atoms with Crippen molar-refractivity contribution in [2.75, 3.05) is 0 Å². The molecular weight excluding hydrogens is 255 g/mol. The van der Waals surface area contributed by atoms with Gasteiger partial charge in [-0.3, -0.25) is 0 Å². The Kier molecular flexibility index (Phi) is 3.06. The van der Waals surface area contributed by atoms with Crippen LogP contribution in [-0.4, -0.2) is 17.2 Å². The zero-order valence-electron chi connectivity index (χ0n) is 10.4. The molecule has 2 aliphatic rings. The van der Waals surface area contributed by atoms with Crippen molar-refractivity contribution in [2.24, 2.45) is 0 Å². The van der Waals surface area contributed by atoms with Gasteiger partial charge in [0, 0.05) is 23.7 Å². The molecule has 1 aromatic carbocycles. The van der Waals surface area contributed by atoms with E-state index in [0.29, 0.717) is 18.9 Å². The number of halogens is 3. The molecular formula is C14H16F3NO. The van der Waals surface area contributed by atoms with Gasteiger partial charge in [-0.1, -0.05) is 6.42 Å². The van der Waals surface area contributed by atoms with Crippen molar-refractivity contribution in [3.8, 4) is 0 Å². The first-order chi connectivity index (χ1) is 8.98. The van der Waals surface area contributed by atoms with Crippen molar-refractivity contribution in [3.05, 3.63) is 35.1 Å². The molecule has 2 unspecified atom stereocenters. The van der Waals surface area contributed by atoms with Gasteiger partial charge in [0.2, 0.25) is 0 Å². The van der Waals surface area contributed by atoms with E-state index in [-0.39, 0.29) is 17.6 Å². The molecule has 2 heterocycles. The molecule has 2 nitrogen and oxygen atoms in total. The molecule has 2 atom stereocenters. The van der Waals surface area contributed by atoms with Crippen molar-refractivity contribution < 1.29 is 18.3 Å². The topological polar surface area (TPSA) is 32.3 Å². The Morgan fingerprint density at radius 3 is 2.37 bits per heavy atom. The van der Waals surface area contributed by atoms with Crippen LogP contribution in [0.4, 0.5) is 13.2 Å². The lowest BCUT2D eigenvalue weighted by Crippen LogP contribution is -2.54. The average Bonchev–Trinajstić information content (AvgIpc) is 2.33. The standard InChI is InChI=1S/C14H16F3NO/c15-8-4-11(13(17)12(16)5-8)14(19)6-9-2-1-3-10(7-14)18-9/h4-5,9-10,18-19H,1-3,6-7H2. The van der Waals surface area contributed by atoms with Crippen molar-refractivity contribution in [1.82, 2.24) is 5.32 Å². The van der Waals surface area contributed by atoms with Crippen LogP contribution in [0.2, 0.25) is 0 Å². The van der Waals surface area contributed by atoms with E-state index < -0.39 is 23.1 Å². The van der Waals surface area contributed by atoms with Crippen molar-refractivity contribution in [2.45, 2.75) is 49.8 Å².